The summed E-state index contributed by atoms with van der Waals surface area (Å²) in [5.41, 5.74) is 1.43. The minimum absolute atomic E-state index is 0.157. The molecule has 0 radical (unpaired) electrons. The van der Waals surface area contributed by atoms with Crippen molar-refractivity contribution >= 4 is 11.9 Å². The lowest BCUT2D eigenvalue weighted by Gasteiger charge is -2.26. The van der Waals surface area contributed by atoms with Gasteiger partial charge in [0.2, 0.25) is 0 Å². The molecule has 2 aromatic rings. The molecule has 1 saturated heterocycles. The number of nitrogens with zero attached hydrogens (tertiary/aromatic N) is 2. The highest BCUT2D eigenvalue weighted by Gasteiger charge is 2.39. The molecule has 0 bridgehead atoms. The van der Waals surface area contributed by atoms with E-state index in [1.54, 1.807) is 4.68 Å². The van der Waals surface area contributed by atoms with E-state index in [1.165, 1.54) is 6.20 Å². The summed E-state index contributed by atoms with van der Waals surface area (Å²) in [5.74, 6) is -1.27. The normalized spacial score (nSPS) is 19.7. The summed E-state index contributed by atoms with van der Waals surface area (Å²) in [4.78, 5) is 23.8. The van der Waals surface area contributed by atoms with Crippen molar-refractivity contribution in [1.29, 1.82) is 0 Å². The molecule has 2 heterocycles. The van der Waals surface area contributed by atoms with Crippen LogP contribution in [0.25, 0.3) is 0 Å². The second kappa shape index (κ2) is 7.06. The first kappa shape index (κ1) is 17.2. The lowest BCUT2D eigenvalue weighted by atomic mass is 9.94. The van der Waals surface area contributed by atoms with Crippen molar-refractivity contribution in [2.75, 3.05) is 13.2 Å². The van der Waals surface area contributed by atoms with Gasteiger partial charge in [0.1, 0.15) is 0 Å². The number of rotatable bonds is 6. The van der Waals surface area contributed by atoms with Crippen LogP contribution in [0.4, 0.5) is 0 Å². The van der Waals surface area contributed by atoms with Gasteiger partial charge in [0, 0.05) is 12.3 Å². The summed E-state index contributed by atoms with van der Waals surface area (Å²) >= 11 is 0. The van der Waals surface area contributed by atoms with E-state index in [0.717, 1.165) is 11.3 Å². The Labute approximate surface area is 145 Å². The molecule has 7 nitrogen and oxygen atoms in total. The SMILES string of the molecule is Cc1c(C(=O)NC2(CC(=O)O)CCOC2)cnn1Cc1ccccc1. The van der Waals surface area contributed by atoms with Gasteiger partial charge in [-0.3, -0.25) is 14.3 Å². The molecule has 7 heteroatoms. The number of ether oxygens (including phenoxy) is 1. The number of carbonyl (C=O) groups excluding carboxylic acids is 1. The van der Waals surface area contributed by atoms with Crippen LogP contribution in [-0.2, 0) is 16.1 Å². The van der Waals surface area contributed by atoms with E-state index in [-0.39, 0.29) is 18.9 Å². The van der Waals surface area contributed by atoms with Gasteiger partial charge >= 0.3 is 5.97 Å². The number of benzene rings is 1. The minimum atomic E-state index is -0.956. The molecule has 1 unspecified atom stereocenters. The van der Waals surface area contributed by atoms with Crippen molar-refractivity contribution < 1.29 is 19.4 Å². The zero-order valence-corrected chi connectivity index (χ0v) is 14.1. The summed E-state index contributed by atoms with van der Waals surface area (Å²) in [6.45, 7) is 3.06. The molecule has 1 atom stereocenters. The summed E-state index contributed by atoms with van der Waals surface area (Å²) in [7, 11) is 0. The molecular formula is C18H21N3O4. The highest BCUT2D eigenvalue weighted by Crippen LogP contribution is 2.24. The van der Waals surface area contributed by atoms with E-state index in [2.05, 4.69) is 10.4 Å². The molecule has 1 amide bonds. The molecule has 2 N–H and O–H groups in total. The fourth-order valence-corrected chi connectivity index (χ4v) is 3.07. The molecule has 1 aliphatic rings. The first-order chi connectivity index (χ1) is 12.0. The summed E-state index contributed by atoms with van der Waals surface area (Å²) < 4.78 is 7.08. The lowest BCUT2D eigenvalue weighted by Crippen LogP contribution is -2.50. The molecule has 0 aliphatic carbocycles. The standard InChI is InChI=1S/C18H21N3O4/c1-13-15(10-19-21(13)11-14-5-3-2-4-6-14)17(24)20-18(9-16(22)23)7-8-25-12-18/h2-6,10H,7-9,11-12H2,1H3,(H,20,24)(H,22,23). The van der Waals surface area contributed by atoms with E-state index < -0.39 is 11.5 Å². The highest BCUT2D eigenvalue weighted by atomic mass is 16.5. The lowest BCUT2D eigenvalue weighted by molar-refractivity contribution is -0.138. The third kappa shape index (κ3) is 3.88. The van der Waals surface area contributed by atoms with Crippen LogP contribution in [0, 0.1) is 6.92 Å². The molecule has 0 spiro atoms. The van der Waals surface area contributed by atoms with Gasteiger partial charge < -0.3 is 15.2 Å². The van der Waals surface area contributed by atoms with Crippen LogP contribution in [0.5, 0.6) is 0 Å². The number of hydrogen-bond donors (Lipinski definition) is 2. The average Bonchev–Trinajstić information content (AvgIpc) is 3.15. The molecule has 132 valence electrons. The Hall–Kier alpha value is -2.67. The Morgan fingerprint density at radius 1 is 1.36 bits per heavy atom. The van der Waals surface area contributed by atoms with Gasteiger partial charge in [-0.05, 0) is 18.9 Å². The molecule has 25 heavy (non-hydrogen) atoms. The molecular weight excluding hydrogens is 322 g/mol. The maximum atomic E-state index is 12.7. The van der Waals surface area contributed by atoms with Gasteiger partial charge in [0.05, 0.1) is 36.9 Å². The smallest absolute Gasteiger partial charge is 0.305 e. The van der Waals surface area contributed by atoms with Crippen molar-refractivity contribution in [3.05, 3.63) is 53.3 Å². The second-order valence-corrected chi connectivity index (χ2v) is 6.39. The van der Waals surface area contributed by atoms with E-state index in [4.69, 9.17) is 9.84 Å². The zero-order chi connectivity index (χ0) is 17.9. The number of aliphatic carboxylic acids is 1. The van der Waals surface area contributed by atoms with Crippen molar-refractivity contribution in [1.82, 2.24) is 15.1 Å². The number of amides is 1. The maximum Gasteiger partial charge on any atom is 0.305 e. The Morgan fingerprint density at radius 3 is 2.76 bits per heavy atom. The van der Waals surface area contributed by atoms with Gasteiger partial charge in [-0.1, -0.05) is 30.3 Å². The number of carboxylic acid groups (broad SMARTS) is 1. The monoisotopic (exact) mass is 343 g/mol. The van der Waals surface area contributed by atoms with Gasteiger partial charge in [-0.15, -0.1) is 0 Å². The van der Waals surface area contributed by atoms with E-state index >= 15 is 0 Å². The Balaban J connectivity index is 1.75. The minimum Gasteiger partial charge on any atom is -0.481 e. The first-order valence-electron chi connectivity index (χ1n) is 8.17. The molecule has 1 aliphatic heterocycles. The number of hydrogen-bond acceptors (Lipinski definition) is 4. The average molecular weight is 343 g/mol. The molecule has 1 fully saturated rings. The van der Waals surface area contributed by atoms with Crippen LogP contribution in [-0.4, -0.2) is 45.5 Å². The Kier molecular flexibility index (Phi) is 4.85. The molecule has 0 saturated carbocycles. The number of carboxylic acids is 1. The topological polar surface area (TPSA) is 93.5 Å². The van der Waals surface area contributed by atoms with Crippen LogP contribution >= 0.6 is 0 Å². The third-order valence-corrected chi connectivity index (χ3v) is 4.49. The largest absolute Gasteiger partial charge is 0.481 e. The van der Waals surface area contributed by atoms with Gasteiger partial charge in [0.15, 0.2) is 0 Å². The number of carbonyl (C=O) groups is 2. The molecule has 3 rings (SSSR count). The maximum absolute atomic E-state index is 12.7. The van der Waals surface area contributed by atoms with Crippen LogP contribution in [0.15, 0.2) is 36.5 Å². The van der Waals surface area contributed by atoms with Crippen molar-refractivity contribution in [2.24, 2.45) is 0 Å². The van der Waals surface area contributed by atoms with E-state index in [0.29, 0.717) is 25.1 Å². The number of nitrogens with one attached hydrogen (secondary N) is 1. The van der Waals surface area contributed by atoms with Crippen molar-refractivity contribution in [2.45, 2.75) is 31.8 Å². The summed E-state index contributed by atoms with van der Waals surface area (Å²) in [5, 5.41) is 16.3. The third-order valence-electron chi connectivity index (χ3n) is 4.49. The van der Waals surface area contributed by atoms with Crippen molar-refractivity contribution in [3.63, 3.8) is 0 Å². The predicted octanol–water partition coefficient (Wildman–Crippen LogP) is 1.60. The van der Waals surface area contributed by atoms with Crippen molar-refractivity contribution in [3.8, 4) is 0 Å². The quantitative estimate of drug-likeness (QED) is 0.831. The number of aromatic nitrogens is 2. The fraction of sp³-hybridized carbons (Fsp3) is 0.389. The van der Waals surface area contributed by atoms with Crippen LogP contribution in [0.1, 0.15) is 34.5 Å². The van der Waals surface area contributed by atoms with Crippen LogP contribution in [0.2, 0.25) is 0 Å². The highest BCUT2D eigenvalue weighted by molar-refractivity contribution is 5.95. The van der Waals surface area contributed by atoms with Gasteiger partial charge in [-0.2, -0.15) is 5.10 Å². The van der Waals surface area contributed by atoms with Crippen LogP contribution < -0.4 is 5.32 Å². The summed E-state index contributed by atoms with van der Waals surface area (Å²) in [6, 6.07) is 9.86. The second-order valence-electron chi connectivity index (χ2n) is 6.39. The Morgan fingerprint density at radius 2 is 2.12 bits per heavy atom. The van der Waals surface area contributed by atoms with Gasteiger partial charge in [0.25, 0.3) is 5.91 Å². The van der Waals surface area contributed by atoms with Crippen LogP contribution in [0.3, 0.4) is 0 Å². The first-order valence-corrected chi connectivity index (χ1v) is 8.17. The Bertz CT molecular complexity index is 764. The van der Waals surface area contributed by atoms with E-state index in [9.17, 15) is 9.59 Å². The van der Waals surface area contributed by atoms with E-state index in [1.807, 2.05) is 37.3 Å². The molecule has 1 aromatic heterocycles. The summed E-state index contributed by atoms with van der Waals surface area (Å²) in [6.07, 6.45) is 1.86. The van der Waals surface area contributed by atoms with Gasteiger partial charge in [-0.25, -0.2) is 0 Å². The zero-order valence-electron chi connectivity index (χ0n) is 14.1. The molecule has 1 aromatic carbocycles. The predicted molar refractivity (Wildman–Crippen MR) is 90.4 cm³/mol. The fourth-order valence-electron chi connectivity index (χ4n) is 3.07.